The molecule has 0 bridgehead atoms. The van der Waals surface area contributed by atoms with Crippen molar-refractivity contribution in [1.29, 1.82) is 0 Å². The fourth-order valence-electron chi connectivity index (χ4n) is 0.179. The average Bonchev–Trinajstić information content (AvgIpc) is 1.87. The van der Waals surface area contributed by atoms with Crippen molar-refractivity contribution in [3.8, 4) is 0 Å². The molecule has 0 unspecified atom stereocenters. The molecule has 0 aliphatic carbocycles. The molecule has 0 fully saturated rings. The predicted octanol–water partition coefficient (Wildman–Crippen LogP) is 0.811. The van der Waals surface area contributed by atoms with Crippen LogP contribution in [0.3, 0.4) is 0 Å². The standard InChI is InChI=1S/C5H13NS2/c1-5(2-6,3-7)4-8/h7-8H,2-4,6H2,1H3. The third kappa shape index (κ3) is 2.29. The second-order valence-electron chi connectivity index (χ2n) is 2.33. The predicted molar refractivity (Wildman–Crippen MR) is 44.9 cm³/mol. The van der Waals surface area contributed by atoms with Gasteiger partial charge >= 0.3 is 0 Å². The lowest BCUT2D eigenvalue weighted by atomic mass is 9.97. The molecule has 0 radical (unpaired) electrons. The quantitative estimate of drug-likeness (QED) is 0.511. The second-order valence-corrected chi connectivity index (χ2v) is 2.96. The van der Waals surface area contributed by atoms with Crippen LogP contribution in [0, 0.1) is 5.41 Å². The Kier molecular flexibility index (Phi) is 3.94. The molecule has 8 heavy (non-hydrogen) atoms. The monoisotopic (exact) mass is 151 g/mol. The van der Waals surface area contributed by atoms with Gasteiger partial charge in [-0.1, -0.05) is 6.92 Å². The first-order valence-corrected chi connectivity index (χ1v) is 3.87. The topological polar surface area (TPSA) is 26.0 Å². The summed E-state index contributed by atoms with van der Waals surface area (Å²) in [4.78, 5) is 0. The number of thiol groups is 2. The van der Waals surface area contributed by atoms with Crippen LogP contribution in [0.4, 0.5) is 0 Å². The Morgan fingerprint density at radius 1 is 1.38 bits per heavy atom. The van der Waals surface area contributed by atoms with Crippen LogP contribution in [0.1, 0.15) is 6.92 Å². The van der Waals surface area contributed by atoms with E-state index in [-0.39, 0.29) is 5.41 Å². The van der Waals surface area contributed by atoms with Crippen molar-refractivity contribution in [1.82, 2.24) is 0 Å². The Morgan fingerprint density at radius 3 is 1.75 bits per heavy atom. The van der Waals surface area contributed by atoms with E-state index in [1.54, 1.807) is 0 Å². The molecule has 0 saturated carbocycles. The van der Waals surface area contributed by atoms with Crippen molar-refractivity contribution < 1.29 is 0 Å². The van der Waals surface area contributed by atoms with Gasteiger partial charge in [0.1, 0.15) is 0 Å². The van der Waals surface area contributed by atoms with Crippen LogP contribution in [-0.2, 0) is 0 Å². The van der Waals surface area contributed by atoms with Gasteiger partial charge in [0.05, 0.1) is 0 Å². The first-order valence-electron chi connectivity index (χ1n) is 2.60. The summed E-state index contributed by atoms with van der Waals surface area (Å²) in [5.74, 6) is 1.62. The second kappa shape index (κ2) is 3.64. The highest BCUT2D eigenvalue weighted by Gasteiger charge is 2.17. The Labute approximate surface area is 61.8 Å². The Hall–Kier alpha value is 0.660. The fraction of sp³-hybridized carbons (Fsp3) is 1.00. The summed E-state index contributed by atoms with van der Waals surface area (Å²) in [6.45, 7) is 2.74. The van der Waals surface area contributed by atoms with Crippen molar-refractivity contribution in [3.63, 3.8) is 0 Å². The van der Waals surface area contributed by atoms with E-state index >= 15 is 0 Å². The normalized spacial score (nSPS) is 12.0. The summed E-state index contributed by atoms with van der Waals surface area (Å²) in [6.07, 6.45) is 0. The van der Waals surface area contributed by atoms with Crippen LogP contribution < -0.4 is 5.73 Å². The third-order valence-corrected chi connectivity index (χ3v) is 2.78. The number of hydrogen-bond donors (Lipinski definition) is 3. The summed E-state index contributed by atoms with van der Waals surface area (Å²) < 4.78 is 0. The molecule has 0 saturated heterocycles. The van der Waals surface area contributed by atoms with Gasteiger partial charge < -0.3 is 5.73 Å². The summed E-state index contributed by atoms with van der Waals surface area (Å²) >= 11 is 8.26. The smallest absolute Gasteiger partial charge is 0.000753 e. The average molecular weight is 151 g/mol. The molecular weight excluding hydrogens is 138 g/mol. The molecule has 0 aromatic carbocycles. The molecule has 0 aliphatic heterocycles. The van der Waals surface area contributed by atoms with Crippen molar-refractivity contribution in [3.05, 3.63) is 0 Å². The maximum absolute atomic E-state index is 5.43. The van der Waals surface area contributed by atoms with Gasteiger partial charge in [-0.3, -0.25) is 0 Å². The van der Waals surface area contributed by atoms with Gasteiger partial charge in [0.2, 0.25) is 0 Å². The van der Waals surface area contributed by atoms with Crippen molar-refractivity contribution in [2.24, 2.45) is 11.1 Å². The van der Waals surface area contributed by atoms with Crippen molar-refractivity contribution in [2.75, 3.05) is 18.1 Å². The molecule has 0 rings (SSSR count). The molecule has 0 aromatic rings. The summed E-state index contributed by atoms with van der Waals surface area (Å²) in [5, 5.41) is 0. The van der Waals surface area contributed by atoms with E-state index in [2.05, 4.69) is 32.2 Å². The molecule has 1 nitrogen and oxygen atoms in total. The first kappa shape index (κ1) is 8.66. The van der Waals surface area contributed by atoms with E-state index in [0.717, 1.165) is 11.5 Å². The molecule has 0 amide bonds. The molecule has 3 heteroatoms. The summed E-state index contributed by atoms with van der Waals surface area (Å²) in [6, 6.07) is 0. The molecular formula is C5H13NS2. The Bertz CT molecular complexity index is 53.2. The molecule has 0 aromatic heterocycles. The van der Waals surface area contributed by atoms with Crippen LogP contribution in [0.2, 0.25) is 0 Å². The minimum Gasteiger partial charge on any atom is -0.330 e. The number of hydrogen-bond acceptors (Lipinski definition) is 3. The van der Waals surface area contributed by atoms with E-state index in [0.29, 0.717) is 6.54 Å². The minimum absolute atomic E-state index is 0.131. The first-order chi connectivity index (χ1) is 3.68. The molecule has 0 aliphatic rings. The zero-order valence-corrected chi connectivity index (χ0v) is 6.88. The fourth-order valence-corrected chi connectivity index (χ4v) is 0.837. The van der Waals surface area contributed by atoms with Crippen molar-refractivity contribution in [2.45, 2.75) is 6.92 Å². The van der Waals surface area contributed by atoms with E-state index in [4.69, 9.17) is 5.73 Å². The largest absolute Gasteiger partial charge is 0.330 e. The lowest BCUT2D eigenvalue weighted by Gasteiger charge is -2.22. The maximum atomic E-state index is 5.43. The van der Waals surface area contributed by atoms with Crippen LogP contribution in [-0.4, -0.2) is 18.1 Å². The maximum Gasteiger partial charge on any atom is -0.000753 e. The zero-order valence-electron chi connectivity index (χ0n) is 5.09. The molecule has 50 valence electrons. The SMILES string of the molecule is CC(CN)(CS)CS. The zero-order chi connectivity index (χ0) is 6.62. The van der Waals surface area contributed by atoms with Gasteiger partial charge in [-0.2, -0.15) is 25.3 Å². The van der Waals surface area contributed by atoms with E-state index in [1.165, 1.54) is 0 Å². The highest BCUT2D eigenvalue weighted by molar-refractivity contribution is 7.81. The summed E-state index contributed by atoms with van der Waals surface area (Å²) in [7, 11) is 0. The number of rotatable bonds is 3. The highest BCUT2D eigenvalue weighted by Crippen LogP contribution is 2.16. The minimum atomic E-state index is 0.131. The van der Waals surface area contributed by atoms with E-state index in [9.17, 15) is 0 Å². The highest BCUT2D eigenvalue weighted by atomic mass is 32.1. The van der Waals surface area contributed by atoms with Gasteiger partial charge in [0, 0.05) is 0 Å². The van der Waals surface area contributed by atoms with Gasteiger partial charge in [-0.25, -0.2) is 0 Å². The summed E-state index contributed by atoms with van der Waals surface area (Å²) in [5.41, 5.74) is 5.56. The number of nitrogens with two attached hydrogens (primary N) is 1. The van der Waals surface area contributed by atoms with Gasteiger partial charge in [-0.15, -0.1) is 0 Å². The molecule has 0 heterocycles. The third-order valence-electron chi connectivity index (χ3n) is 1.26. The van der Waals surface area contributed by atoms with Gasteiger partial charge in [0.15, 0.2) is 0 Å². The van der Waals surface area contributed by atoms with Crippen LogP contribution in [0.15, 0.2) is 0 Å². The van der Waals surface area contributed by atoms with Crippen molar-refractivity contribution >= 4 is 25.3 Å². The van der Waals surface area contributed by atoms with Gasteiger partial charge in [0.25, 0.3) is 0 Å². The lowest BCUT2D eigenvalue weighted by molar-refractivity contribution is 0.451. The van der Waals surface area contributed by atoms with E-state index < -0.39 is 0 Å². The molecule has 2 N–H and O–H groups in total. The Balaban J connectivity index is 3.58. The molecule has 0 spiro atoms. The Morgan fingerprint density at radius 2 is 1.75 bits per heavy atom. The molecule has 0 atom stereocenters. The van der Waals surface area contributed by atoms with Crippen LogP contribution in [0.25, 0.3) is 0 Å². The lowest BCUT2D eigenvalue weighted by Crippen LogP contribution is -2.30. The van der Waals surface area contributed by atoms with E-state index in [1.807, 2.05) is 0 Å². The van der Waals surface area contributed by atoms with Crippen LogP contribution in [0.5, 0.6) is 0 Å². The van der Waals surface area contributed by atoms with Crippen LogP contribution >= 0.6 is 25.3 Å². The van der Waals surface area contributed by atoms with Gasteiger partial charge in [-0.05, 0) is 23.5 Å².